The summed E-state index contributed by atoms with van der Waals surface area (Å²) in [6.07, 6.45) is 3.98. The van der Waals surface area contributed by atoms with Crippen molar-refractivity contribution in [1.82, 2.24) is 5.32 Å². The summed E-state index contributed by atoms with van der Waals surface area (Å²) in [4.78, 5) is 0. The molecule has 0 aliphatic carbocycles. The first-order valence-corrected chi connectivity index (χ1v) is 6.79. The average Bonchev–Trinajstić information content (AvgIpc) is 2.42. The Kier molecular flexibility index (Phi) is 8.19. The highest BCUT2D eigenvalue weighted by atomic mass is 16.5. The van der Waals surface area contributed by atoms with Gasteiger partial charge in [-0.1, -0.05) is 43.3 Å². The second-order valence-corrected chi connectivity index (χ2v) is 4.54. The van der Waals surface area contributed by atoms with Crippen LogP contribution in [0.3, 0.4) is 0 Å². The van der Waals surface area contributed by atoms with Crippen molar-refractivity contribution in [2.24, 2.45) is 0 Å². The average molecular weight is 247 g/mol. The van der Waals surface area contributed by atoms with Crippen molar-refractivity contribution in [3.63, 3.8) is 0 Å². The van der Waals surface area contributed by atoms with Gasteiger partial charge in [0.1, 0.15) is 0 Å². The molecule has 1 unspecified atom stereocenters. The van der Waals surface area contributed by atoms with E-state index < -0.39 is 0 Å². The molecule has 2 nitrogen and oxygen atoms in total. The van der Waals surface area contributed by atoms with Gasteiger partial charge in [-0.2, -0.15) is 0 Å². The second kappa shape index (κ2) is 9.86. The van der Waals surface area contributed by atoms with Crippen molar-refractivity contribution < 1.29 is 4.74 Å². The zero-order valence-corrected chi connectivity index (χ0v) is 11.4. The van der Waals surface area contributed by atoms with Gasteiger partial charge in [-0.15, -0.1) is 6.58 Å². The van der Waals surface area contributed by atoms with Gasteiger partial charge in [-0.3, -0.25) is 0 Å². The predicted molar refractivity (Wildman–Crippen MR) is 78.0 cm³/mol. The van der Waals surface area contributed by atoms with E-state index in [1.807, 2.05) is 6.08 Å². The van der Waals surface area contributed by atoms with Crippen molar-refractivity contribution >= 4 is 0 Å². The van der Waals surface area contributed by atoms with Crippen molar-refractivity contribution in [3.8, 4) is 0 Å². The van der Waals surface area contributed by atoms with Gasteiger partial charge in [-0.05, 0) is 30.9 Å². The molecule has 1 N–H and O–H groups in total. The predicted octanol–water partition coefficient (Wildman–Crippen LogP) is 3.36. The minimum Gasteiger partial charge on any atom is -0.380 e. The first-order valence-electron chi connectivity index (χ1n) is 6.79. The highest BCUT2D eigenvalue weighted by Gasteiger charge is 2.03. The molecular formula is C16H25NO. The fourth-order valence-corrected chi connectivity index (χ4v) is 1.80. The number of hydrogen-bond acceptors (Lipinski definition) is 2. The second-order valence-electron chi connectivity index (χ2n) is 4.54. The van der Waals surface area contributed by atoms with Crippen LogP contribution in [-0.4, -0.2) is 26.3 Å². The van der Waals surface area contributed by atoms with Crippen LogP contribution in [0.4, 0.5) is 0 Å². The molecule has 0 aromatic heterocycles. The minimum atomic E-state index is 0.611. The Labute approximate surface area is 111 Å². The Hall–Kier alpha value is -1.12. The molecule has 0 bridgehead atoms. The van der Waals surface area contributed by atoms with Crippen LogP contribution in [0.1, 0.15) is 31.2 Å². The number of hydrogen-bond donors (Lipinski definition) is 1. The van der Waals surface area contributed by atoms with Gasteiger partial charge in [0.25, 0.3) is 0 Å². The zero-order valence-electron chi connectivity index (χ0n) is 11.4. The fourth-order valence-electron chi connectivity index (χ4n) is 1.80. The Morgan fingerprint density at radius 2 is 2.00 bits per heavy atom. The maximum atomic E-state index is 5.43. The van der Waals surface area contributed by atoms with Gasteiger partial charge >= 0.3 is 0 Å². The number of ether oxygens (including phenoxy) is 1. The normalized spacial score (nSPS) is 12.3. The Morgan fingerprint density at radius 1 is 1.22 bits per heavy atom. The molecular weight excluding hydrogens is 222 g/mol. The summed E-state index contributed by atoms with van der Waals surface area (Å²) < 4.78 is 5.43. The van der Waals surface area contributed by atoms with Crippen LogP contribution < -0.4 is 5.32 Å². The van der Waals surface area contributed by atoms with Crippen LogP contribution in [0.2, 0.25) is 0 Å². The van der Waals surface area contributed by atoms with Crippen molar-refractivity contribution in [2.75, 3.05) is 26.3 Å². The minimum absolute atomic E-state index is 0.611. The summed E-state index contributed by atoms with van der Waals surface area (Å²) in [5.41, 5.74) is 1.42. The first-order chi connectivity index (χ1) is 8.84. The monoisotopic (exact) mass is 247 g/mol. The zero-order chi connectivity index (χ0) is 13.1. The van der Waals surface area contributed by atoms with Crippen molar-refractivity contribution in [3.05, 3.63) is 48.6 Å². The number of nitrogens with one attached hydrogen (secondary N) is 1. The summed E-state index contributed by atoms with van der Waals surface area (Å²) in [6.45, 7) is 9.48. The topological polar surface area (TPSA) is 21.3 Å². The third-order valence-electron chi connectivity index (χ3n) is 3.01. The van der Waals surface area contributed by atoms with Crippen LogP contribution in [0, 0.1) is 0 Å². The lowest BCUT2D eigenvalue weighted by molar-refractivity contribution is 0.140. The highest BCUT2D eigenvalue weighted by Crippen LogP contribution is 2.17. The summed E-state index contributed by atoms with van der Waals surface area (Å²) >= 11 is 0. The summed E-state index contributed by atoms with van der Waals surface area (Å²) in [5, 5.41) is 3.41. The van der Waals surface area contributed by atoms with Gasteiger partial charge in [0.15, 0.2) is 0 Å². The van der Waals surface area contributed by atoms with E-state index in [1.165, 1.54) is 5.56 Å². The van der Waals surface area contributed by atoms with Crippen LogP contribution in [0.25, 0.3) is 0 Å². The molecule has 0 amide bonds. The van der Waals surface area contributed by atoms with E-state index in [0.717, 1.165) is 39.1 Å². The smallest absolute Gasteiger partial charge is 0.0591 e. The van der Waals surface area contributed by atoms with E-state index in [1.54, 1.807) is 0 Å². The third kappa shape index (κ3) is 6.58. The Balaban J connectivity index is 1.99. The molecule has 18 heavy (non-hydrogen) atoms. The van der Waals surface area contributed by atoms with E-state index in [-0.39, 0.29) is 0 Å². The molecule has 0 heterocycles. The van der Waals surface area contributed by atoms with Gasteiger partial charge in [0, 0.05) is 6.54 Å². The van der Waals surface area contributed by atoms with Crippen LogP contribution in [0.15, 0.2) is 43.0 Å². The van der Waals surface area contributed by atoms with Crippen molar-refractivity contribution in [2.45, 2.75) is 25.7 Å². The fraction of sp³-hybridized carbons (Fsp3) is 0.500. The molecule has 2 heteroatoms. The molecule has 1 atom stereocenters. The summed E-state index contributed by atoms with van der Waals surface area (Å²) in [7, 11) is 0. The van der Waals surface area contributed by atoms with Crippen LogP contribution in [0.5, 0.6) is 0 Å². The molecule has 0 radical (unpaired) electrons. The van der Waals surface area contributed by atoms with Crippen LogP contribution in [-0.2, 0) is 4.74 Å². The largest absolute Gasteiger partial charge is 0.380 e. The summed E-state index contributed by atoms with van der Waals surface area (Å²) in [5.74, 6) is 0.611. The molecule has 1 aromatic rings. The van der Waals surface area contributed by atoms with E-state index in [4.69, 9.17) is 4.74 Å². The maximum Gasteiger partial charge on any atom is 0.0591 e. The lowest BCUT2D eigenvalue weighted by Crippen LogP contribution is -2.22. The molecule has 0 aliphatic rings. The lowest BCUT2D eigenvalue weighted by Gasteiger charge is -2.12. The van der Waals surface area contributed by atoms with E-state index in [0.29, 0.717) is 5.92 Å². The first kappa shape index (κ1) is 14.9. The van der Waals surface area contributed by atoms with Gasteiger partial charge in [0.05, 0.1) is 13.2 Å². The molecule has 0 saturated carbocycles. The van der Waals surface area contributed by atoms with E-state index >= 15 is 0 Å². The van der Waals surface area contributed by atoms with Gasteiger partial charge < -0.3 is 10.1 Å². The van der Waals surface area contributed by atoms with Crippen LogP contribution >= 0.6 is 0 Å². The van der Waals surface area contributed by atoms with Gasteiger partial charge in [-0.25, -0.2) is 0 Å². The molecule has 0 saturated heterocycles. The lowest BCUT2D eigenvalue weighted by atomic mass is 9.98. The van der Waals surface area contributed by atoms with Crippen molar-refractivity contribution in [1.29, 1.82) is 0 Å². The SMILES string of the molecule is C=CCCOCCNCCC(C)c1ccccc1. The molecule has 100 valence electrons. The Morgan fingerprint density at radius 3 is 2.72 bits per heavy atom. The molecule has 1 rings (SSSR count). The van der Waals surface area contributed by atoms with E-state index in [2.05, 4.69) is 49.2 Å². The standard InChI is InChI=1S/C16H25NO/c1-3-4-13-18-14-12-17-11-10-15(2)16-8-6-5-7-9-16/h3,5-9,15,17H,1,4,10-14H2,2H3. The van der Waals surface area contributed by atoms with Gasteiger partial charge in [0.2, 0.25) is 0 Å². The summed E-state index contributed by atoms with van der Waals surface area (Å²) in [6, 6.07) is 10.7. The molecule has 0 fully saturated rings. The Bertz CT molecular complexity index is 310. The molecule has 1 aromatic carbocycles. The number of benzene rings is 1. The highest BCUT2D eigenvalue weighted by molar-refractivity contribution is 5.18. The maximum absolute atomic E-state index is 5.43. The third-order valence-corrected chi connectivity index (χ3v) is 3.01. The number of rotatable bonds is 10. The molecule has 0 spiro atoms. The van der Waals surface area contributed by atoms with E-state index in [9.17, 15) is 0 Å². The molecule has 0 aliphatic heterocycles. The quantitative estimate of drug-likeness (QED) is 0.505.